The molecule has 0 amide bonds. The Bertz CT molecular complexity index is 870. The Hall–Kier alpha value is -2.64. The van der Waals surface area contributed by atoms with E-state index < -0.39 is 11.7 Å². The highest BCUT2D eigenvalue weighted by atomic mass is 19.4. The number of benzene rings is 1. The largest absolute Gasteiger partial charge is 0.416 e. The summed E-state index contributed by atoms with van der Waals surface area (Å²) in [4.78, 5) is 8.44. The number of hydrogen-bond donors (Lipinski definition) is 1. The van der Waals surface area contributed by atoms with E-state index in [0.717, 1.165) is 36.2 Å². The summed E-state index contributed by atoms with van der Waals surface area (Å²) >= 11 is 0. The van der Waals surface area contributed by atoms with Crippen LogP contribution in [-0.4, -0.2) is 19.6 Å². The standard InChI is InChI=1S/C16H16F3N5/c1-3-5-13-10(2)22-15-20-9-21-24(15)14(13)23-12-7-4-6-11(8-12)16(17,18)19/h4,6-9,23H,3,5H2,1-2H3. The van der Waals surface area contributed by atoms with Crippen molar-refractivity contribution in [3.8, 4) is 0 Å². The van der Waals surface area contributed by atoms with Crippen LogP contribution in [0.15, 0.2) is 30.6 Å². The van der Waals surface area contributed by atoms with Crippen molar-refractivity contribution in [2.75, 3.05) is 5.32 Å². The lowest BCUT2D eigenvalue weighted by molar-refractivity contribution is -0.137. The average Bonchev–Trinajstić information content (AvgIpc) is 2.98. The molecule has 2 aromatic heterocycles. The number of aromatic nitrogens is 4. The molecule has 0 radical (unpaired) electrons. The van der Waals surface area contributed by atoms with E-state index in [0.29, 0.717) is 17.3 Å². The van der Waals surface area contributed by atoms with Crippen molar-refractivity contribution < 1.29 is 13.2 Å². The third-order valence-electron chi connectivity index (χ3n) is 3.68. The first kappa shape index (κ1) is 16.2. The first-order valence-corrected chi connectivity index (χ1v) is 7.53. The van der Waals surface area contributed by atoms with Crippen LogP contribution in [-0.2, 0) is 12.6 Å². The van der Waals surface area contributed by atoms with Gasteiger partial charge in [0, 0.05) is 16.9 Å². The lowest BCUT2D eigenvalue weighted by Crippen LogP contribution is -2.10. The van der Waals surface area contributed by atoms with Gasteiger partial charge in [0.05, 0.1) is 5.56 Å². The van der Waals surface area contributed by atoms with Crippen molar-refractivity contribution in [1.82, 2.24) is 19.6 Å². The normalized spacial score (nSPS) is 11.9. The molecule has 5 nitrogen and oxygen atoms in total. The molecule has 0 aliphatic carbocycles. The van der Waals surface area contributed by atoms with Gasteiger partial charge in [-0.1, -0.05) is 19.4 Å². The average molecular weight is 335 g/mol. The molecular weight excluding hydrogens is 319 g/mol. The fourth-order valence-electron chi connectivity index (χ4n) is 2.57. The molecule has 126 valence electrons. The number of rotatable bonds is 4. The summed E-state index contributed by atoms with van der Waals surface area (Å²) in [6.07, 6.45) is -1.41. The van der Waals surface area contributed by atoms with Crippen LogP contribution in [0, 0.1) is 6.92 Å². The predicted octanol–water partition coefficient (Wildman–Crippen LogP) is 4.15. The number of nitrogens with one attached hydrogen (secondary N) is 1. The molecule has 2 heterocycles. The molecule has 1 aromatic carbocycles. The molecule has 3 rings (SSSR count). The molecule has 0 aliphatic heterocycles. The molecule has 0 saturated heterocycles. The quantitative estimate of drug-likeness (QED) is 0.778. The Morgan fingerprint density at radius 3 is 2.75 bits per heavy atom. The second kappa shape index (κ2) is 6.10. The summed E-state index contributed by atoms with van der Waals surface area (Å²) in [5.74, 6) is 0.998. The van der Waals surface area contributed by atoms with Crippen molar-refractivity contribution in [2.24, 2.45) is 0 Å². The SMILES string of the molecule is CCCc1c(C)nc2ncnn2c1Nc1cccc(C(F)(F)F)c1. The minimum atomic E-state index is -4.39. The van der Waals surface area contributed by atoms with Gasteiger partial charge in [0.25, 0.3) is 5.78 Å². The lowest BCUT2D eigenvalue weighted by atomic mass is 10.1. The van der Waals surface area contributed by atoms with Gasteiger partial charge in [-0.05, 0) is 31.5 Å². The van der Waals surface area contributed by atoms with Gasteiger partial charge in [-0.3, -0.25) is 0 Å². The highest BCUT2D eigenvalue weighted by molar-refractivity contribution is 5.63. The number of hydrogen-bond acceptors (Lipinski definition) is 4. The second-order valence-electron chi connectivity index (χ2n) is 5.45. The van der Waals surface area contributed by atoms with Gasteiger partial charge in [0.2, 0.25) is 0 Å². The van der Waals surface area contributed by atoms with Crippen molar-refractivity contribution in [2.45, 2.75) is 32.9 Å². The highest BCUT2D eigenvalue weighted by Gasteiger charge is 2.30. The Morgan fingerprint density at radius 1 is 1.25 bits per heavy atom. The highest BCUT2D eigenvalue weighted by Crippen LogP contribution is 2.32. The summed E-state index contributed by atoms with van der Waals surface area (Å²) in [5, 5.41) is 7.19. The maximum Gasteiger partial charge on any atom is 0.416 e. The summed E-state index contributed by atoms with van der Waals surface area (Å²) in [7, 11) is 0. The number of fused-ring (bicyclic) bond motifs is 1. The van der Waals surface area contributed by atoms with Crippen molar-refractivity contribution in [3.63, 3.8) is 0 Å². The number of aryl methyl sites for hydroxylation is 1. The maximum absolute atomic E-state index is 12.9. The minimum Gasteiger partial charge on any atom is -0.340 e. The van der Waals surface area contributed by atoms with E-state index in [1.165, 1.54) is 16.9 Å². The Kier molecular flexibility index (Phi) is 4.13. The third kappa shape index (κ3) is 3.04. The predicted molar refractivity (Wildman–Crippen MR) is 84.2 cm³/mol. The molecule has 1 N–H and O–H groups in total. The van der Waals surface area contributed by atoms with Gasteiger partial charge >= 0.3 is 6.18 Å². The molecule has 0 atom stereocenters. The van der Waals surface area contributed by atoms with Crippen LogP contribution >= 0.6 is 0 Å². The van der Waals surface area contributed by atoms with Crippen LogP contribution in [0.3, 0.4) is 0 Å². The van der Waals surface area contributed by atoms with E-state index in [4.69, 9.17) is 0 Å². The van der Waals surface area contributed by atoms with E-state index >= 15 is 0 Å². The van der Waals surface area contributed by atoms with Crippen molar-refractivity contribution in [3.05, 3.63) is 47.4 Å². The van der Waals surface area contributed by atoms with Crippen LogP contribution in [0.2, 0.25) is 0 Å². The molecule has 0 bridgehead atoms. The number of nitrogens with zero attached hydrogens (tertiary/aromatic N) is 4. The summed E-state index contributed by atoms with van der Waals surface area (Å²) in [6.45, 7) is 3.88. The van der Waals surface area contributed by atoms with Crippen LogP contribution in [0.25, 0.3) is 5.78 Å². The molecule has 0 fully saturated rings. The Labute approximate surface area is 136 Å². The fraction of sp³-hybridized carbons (Fsp3) is 0.312. The molecule has 24 heavy (non-hydrogen) atoms. The van der Waals surface area contributed by atoms with Gasteiger partial charge in [0.15, 0.2) is 0 Å². The summed E-state index contributed by atoms with van der Waals surface area (Å²) < 4.78 is 40.2. The van der Waals surface area contributed by atoms with Crippen molar-refractivity contribution >= 4 is 17.3 Å². The van der Waals surface area contributed by atoms with Gasteiger partial charge in [0.1, 0.15) is 12.1 Å². The second-order valence-corrected chi connectivity index (χ2v) is 5.45. The van der Waals surface area contributed by atoms with E-state index in [1.54, 1.807) is 6.07 Å². The fourth-order valence-corrected chi connectivity index (χ4v) is 2.57. The van der Waals surface area contributed by atoms with Crippen LogP contribution < -0.4 is 5.32 Å². The Balaban J connectivity index is 2.09. The van der Waals surface area contributed by atoms with Gasteiger partial charge in [-0.25, -0.2) is 4.98 Å². The number of anilines is 2. The lowest BCUT2D eigenvalue weighted by Gasteiger charge is -2.16. The first-order valence-electron chi connectivity index (χ1n) is 7.53. The van der Waals surface area contributed by atoms with E-state index in [-0.39, 0.29) is 0 Å². The van der Waals surface area contributed by atoms with Gasteiger partial charge in [-0.2, -0.15) is 27.8 Å². The topological polar surface area (TPSA) is 55.1 Å². The summed E-state index contributed by atoms with van der Waals surface area (Å²) in [6, 6.07) is 5.08. The number of halogens is 3. The van der Waals surface area contributed by atoms with Crippen LogP contribution in [0.4, 0.5) is 24.7 Å². The third-order valence-corrected chi connectivity index (χ3v) is 3.68. The summed E-state index contributed by atoms with van der Waals surface area (Å²) in [5.41, 5.74) is 1.33. The number of alkyl halides is 3. The minimum absolute atomic E-state index is 0.338. The van der Waals surface area contributed by atoms with E-state index in [9.17, 15) is 13.2 Å². The smallest absolute Gasteiger partial charge is 0.340 e. The molecule has 0 unspecified atom stereocenters. The van der Waals surface area contributed by atoms with Gasteiger partial charge < -0.3 is 5.32 Å². The van der Waals surface area contributed by atoms with Crippen LogP contribution in [0.1, 0.15) is 30.2 Å². The Morgan fingerprint density at radius 2 is 2.04 bits per heavy atom. The molecule has 0 spiro atoms. The molecule has 3 aromatic rings. The zero-order valence-corrected chi connectivity index (χ0v) is 13.2. The zero-order chi connectivity index (χ0) is 17.3. The molecule has 0 saturated carbocycles. The van der Waals surface area contributed by atoms with E-state index in [1.807, 2.05) is 13.8 Å². The van der Waals surface area contributed by atoms with Gasteiger partial charge in [-0.15, -0.1) is 0 Å². The zero-order valence-electron chi connectivity index (χ0n) is 13.2. The molecular formula is C16H16F3N5. The molecule has 0 aliphatic rings. The monoisotopic (exact) mass is 335 g/mol. The first-order chi connectivity index (χ1) is 11.4. The van der Waals surface area contributed by atoms with Crippen LogP contribution in [0.5, 0.6) is 0 Å². The van der Waals surface area contributed by atoms with Crippen molar-refractivity contribution in [1.29, 1.82) is 0 Å². The molecule has 8 heteroatoms. The van der Waals surface area contributed by atoms with E-state index in [2.05, 4.69) is 20.4 Å². The maximum atomic E-state index is 12.9.